The maximum absolute atomic E-state index is 11.1. The van der Waals surface area contributed by atoms with Gasteiger partial charge in [0.2, 0.25) is 0 Å². The number of aryl methyl sites for hydroxylation is 2. The summed E-state index contributed by atoms with van der Waals surface area (Å²) in [6, 6.07) is 16.1. The van der Waals surface area contributed by atoms with Crippen molar-refractivity contribution in [1.29, 1.82) is 0 Å². The van der Waals surface area contributed by atoms with Gasteiger partial charge < -0.3 is 20.1 Å². The lowest BCUT2D eigenvalue weighted by Crippen LogP contribution is -2.37. The van der Waals surface area contributed by atoms with Crippen molar-refractivity contribution in [3.05, 3.63) is 65.2 Å². The molecule has 0 aromatic heterocycles. The number of rotatable bonds is 22. The fourth-order valence-corrected chi connectivity index (χ4v) is 5.17. The summed E-state index contributed by atoms with van der Waals surface area (Å²) in [5.41, 5.74) is 3.16. The van der Waals surface area contributed by atoms with E-state index in [0.717, 1.165) is 48.1 Å². The number of unbranched alkanes of at least 4 members (excludes halogenated alkanes) is 12. The van der Waals surface area contributed by atoms with Gasteiger partial charge in [0.1, 0.15) is 18.0 Å². The third kappa shape index (κ3) is 11.9. The second kappa shape index (κ2) is 20.1. The SMILES string of the molecule is CCCCCCCCCc1ccccc1OC(c1ccccc1CCCCCCCCC)[C@H](O)[C@H](O)CO. The molecule has 0 aliphatic rings. The Kier molecular flexibility index (Phi) is 17.1. The first-order chi connectivity index (χ1) is 18.6. The number of aliphatic hydroxyl groups excluding tert-OH is 3. The number of aliphatic hydroxyl groups is 3. The Morgan fingerprint density at radius 2 is 1.08 bits per heavy atom. The topological polar surface area (TPSA) is 69.9 Å². The average molecular weight is 527 g/mol. The van der Waals surface area contributed by atoms with E-state index in [9.17, 15) is 15.3 Å². The lowest BCUT2D eigenvalue weighted by molar-refractivity contribution is -0.0695. The van der Waals surface area contributed by atoms with Crippen molar-refractivity contribution in [2.24, 2.45) is 0 Å². The first-order valence-corrected chi connectivity index (χ1v) is 15.4. The normalized spacial score (nSPS) is 13.8. The summed E-state index contributed by atoms with van der Waals surface area (Å²) in [5.74, 6) is 0.749. The van der Waals surface area contributed by atoms with Gasteiger partial charge in [0, 0.05) is 0 Å². The van der Waals surface area contributed by atoms with Crippen LogP contribution in [0.3, 0.4) is 0 Å². The Morgan fingerprint density at radius 3 is 1.66 bits per heavy atom. The Labute approximate surface area is 232 Å². The summed E-state index contributed by atoms with van der Waals surface area (Å²) in [4.78, 5) is 0. The van der Waals surface area contributed by atoms with Crippen LogP contribution in [0.4, 0.5) is 0 Å². The number of hydrogen-bond donors (Lipinski definition) is 3. The fourth-order valence-electron chi connectivity index (χ4n) is 5.17. The summed E-state index contributed by atoms with van der Waals surface area (Å²) in [5, 5.41) is 31.1. The maximum atomic E-state index is 11.1. The van der Waals surface area contributed by atoms with E-state index in [0.29, 0.717) is 0 Å². The highest BCUT2D eigenvalue weighted by Gasteiger charge is 2.31. The first kappa shape index (κ1) is 32.3. The van der Waals surface area contributed by atoms with Crippen LogP contribution in [0.2, 0.25) is 0 Å². The van der Waals surface area contributed by atoms with Gasteiger partial charge >= 0.3 is 0 Å². The van der Waals surface area contributed by atoms with Gasteiger partial charge in [0.25, 0.3) is 0 Å². The molecule has 0 fully saturated rings. The Morgan fingerprint density at radius 1 is 0.605 bits per heavy atom. The van der Waals surface area contributed by atoms with Gasteiger partial charge in [-0.2, -0.15) is 0 Å². The molecule has 0 aliphatic carbocycles. The van der Waals surface area contributed by atoms with Gasteiger partial charge in [-0.05, 0) is 48.4 Å². The molecule has 38 heavy (non-hydrogen) atoms. The van der Waals surface area contributed by atoms with Gasteiger partial charge in [-0.1, -0.05) is 133 Å². The van der Waals surface area contributed by atoms with Crippen molar-refractivity contribution < 1.29 is 20.1 Å². The molecule has 3 N–H and O–H groups in total. The Hall–Kier alpha value is -1.88. The van der Waals surface area contributed by atoms with Crippen molar-refractivity contribution in [3.63, 3.8) is 0 Å². The summed E-state index contributed by atoms with van der Waals surface area (Å²) in [6.45, 7) is 3.97. The molecule has 0 spiro atoms. The summed E-state index contributed by atoms with van der Waals surface area (Å²) in [6.07, 6.45) is 16.0. The van der Waals surface area contributed by atoms with Crippen molar-refractivity contribution in [3.8, 4) is 5.75 Å². The van der Waals surface area contributed by atoms with E-state index in [2.05, 4.69) is 26.0 Å². The molecule has 2 aromatic carbocycles. The molecular formula is C34H54O4. The first-order valence-electron chi connectivity index (χ1n) is 15.4. The van der Waals surface area contributed by atoms with E-state index < -0.39 is 24.9 Å². The quantitative estimate of drug-likeness (QED) is 0.136. The average Bonchev–Trinajstić information content (AvgIpc) is 2.95. The van der Waals surface area contributed by atoms with Crippen LogP contribution in [0.1, 0.15) is 127 Å². The highest BCUT2D eigenvalue weighted by atomic mass is 16.5. The number of benzene rings is 2. The van der Waals surface area contributed by atoms with Gasteiger partial charge in [0.05, 0.1) is 6.61 Å². The van der Waals surface area contributed by atoms with Crippen LogP contribution in [0.25, 0.3) is 0 Å². The third-order valence-electron chi connectivity index (χ3n) is 7.58. The minimum atomic E-state index is -1.28. The molecule has 214 valence electrons. The van der Waals surface area contributed by atoms with Gasteiger partial charge in [-0.15, -0.1) is 0 Å². The van der Waals surface area contributed by atoms with Crippen molar-refractivity contribution in [1.82, 2.24) is 0 Å². The molecule has 0 aliphatic heterocycles. The van der Waals surface area contributed by atoms with E-state index in [1.54, 1.807) is 0 Å². The van der Waals surface area contributed by atoms with Crippen molar-refractivity contribution in [2.45, 2.75) is 135 Å². The minimum Gasteiger partial charge on any atom is -0.483 e. The second-order valence-corrected chi connectivity index (χ2v) is 10.8. The zero-order chi connectivity index (χ0) is 27.4. The Balaban J connectivity index is 2.10. The smallest absolute Gasteiger partial charge is 0.152 e. The highest BCUT2D eigenvalue weighted by molar-refractivity contribution is 5.36. The molecule has 0 radical (unpaired) electrons. The largest absolute Gasteiger partial charge is 0.483 e. The van der Waals surface area contributed by atoms with E-state index in [-0.39, 0.29) is 0 Å². The molecule has 3 atom stereocenters. The standard InChI is InChI=1S/C34H54O4/c1-3-5-7-9-11-13-15-21-28-22-17-19-25-30(28)34(33(37)31(36)27-35)38-32-26-20-18-24-29(32)23-16-14-12-10-8-6-4-2/h17-20,22,24-26,31,33-37H,3-16,21,23,27H2,1-2H3/t31-,33-,34?/m1/s1. The van der Waals surface area contributed by atoms with Crippen LogP contribution >= 0.6 is 0 Å². The van der Waals surface area contributed by atoms with Gasteiger partial charge in [0.15, 0.2) is 6.10 Å². The summed E-state index contributed by atoms with van der Waals surface area (Å²) >= 11 is 0. The van der Waals surface area contributed by atoms with Crippen molar-refractivity contribution >= 4 is 0 Å². The molecule has 4 heteroatoms. The minimum absolute atomic E-state index is 0.513. The van der Waals surface area contributed by atoms with Gasteiger partial charge in [-0.3, -0.25) is 0 Å². The van der Waals surface area contributed by atoms with Crippen molar-refractivity contribution in [2.75, 3.05) is 6.61 Å². The number of para-hydroxylation sites is 1. The van der Waals surface area contributed by atoms with Crippen LogP contribution in [0, 0.1) is 0 Å². The van der Waals surface area contributed by atoms with Gasteiger partial charge in [-0.25, -0.2) is 0 Å². The predicted molar refractivity (Wildman–Crippen MR) is 159 cm³/mol. The fraction of sp³-hybridized carbons (Fsp3) is 0.647. The number of ether oxygens (including phenoxy) is 1. The molecule has 1 unspecified atom stereocenters. The second-order valence-electron chi connectivity index (χ2n) is 10.8. The van der Waals surface area contributed by atoms with E-state index in [1.165, 1.54) is 77.0 Å². The monoisotopic (exact) mass is 526 g/mol. The zero-order valence-corrected chi connectivity index (χ0v) is 24.1. The predicted octanol–water partition coefficient (Wildman–Crippen LogP) is 8.11. The van der Waals surface area contributed by atoms with Crippen LogP contribution in [0.15, 0.2) is 48.5 Å². The van der Waals surface area contributed by atoms with Crippen LogP contribution in [0.5, 0.6) is 5.75 Å². The molecule has 2 rings (SSSR count). The third-order valence-corrected chi connectivity index (χ3v) is 7.58. The van der Waals surface area contributed by atoms with E-state index >= 15 is 0 Å². The molecule has 0 amide bonds. The molecule has 4 nitrogen and oxygen atoms in total. The zero-order valence-electron chi connectivity index (χ0n) is 24.1. The molecule has 0 saturated carbocycles. The lowest BCUT2D eigenvalue weighted by atomic mass is 9.92. The molecule has 0 bridgehead atoms. The summed E-state index contributed by atoms with van der Waals surface area (Å²) in [7, 11) is 0. The van der Waals surface area contributed by atoms with Crippen LogP contribution in [-0.2, 0) is 12.8 Å². The number of hydrogen-bond acceptors (Lipinski definition) is 4. The lowest BCUT2D eigenvalue weighted by Gasteiger charge is -2.29. The van der Waals surface area contributed by atoms with Crippen LogP contribution in [-0.4, -0.2) is 34.1 Å². The molecule has 2 aromatic rings. The molecule has 0 saturated heterocycles. The molecule has 0 heterocycles. The summed E-state index contributed by atoms with van der Waals surface area (Å²) < 4.78 is 6.52. The van der Waals surface area contributed by atoms with Crippen LogP contribution < -0.4 is 4.74 Å². The highest BCUT2D eigenvalue weighted by Crippen LogP contribution is 2.32. The Bertz CT molecular complexity index is 852. The van der Waals surface area contributed by atoms with E-state index in [4.69, 9.17) is 4.74 Å². The molecular weight excluding hydrogens is 472 g/mol. The van der Waals surface area contributed by atoms with E-state index in [1.807, 2.05) is 36.4 Å². The maximum Gasteiger partial charge on any atom is 0.152 e.